The molecule has 0 radical (unpaired) electrons. The summed E-state index contributed by atoms with van der Waals surface area (Å²) in [5.41, 5.74) is 3.49. The van der Waals surface area contributed by atoms with Crippen LogP contribution >= 0.6 is 0 Å². The molecule has 0 fully saturated rings. The molecule has 1 aromatic heterocycles. The topological polar surface area (TPSA) is 29.9 Å². The van der Waals surface area contributed by atoms with E-state index in [1.807, 2.05) is 11.6 Å². The van der Waals surface area contributed by atoms with Gasteiger partial charge in [-0.1, -0.05) is 30.4 Å². The van der Waals surface area contributed by atoms with Crippen LogP contribution in [0.15, 0.2) is 36.4 Å². The van der Waals surface area contributed by atoms with Gasteiger partial charge in [0.2, 0.25) is 0 Å². The van der Waals surface area contributed by atoms with E-state index in [4.69, 9.17) is 5.10 Å². The van der Waals surface area contributed by atoms with Crippen molar-refractivity contribution in [2.45, 2.75) is 46.3 Å². The number of aromatic nitrogens is 2. The van der Waals surface area contributed by atoms with Crippen molar-refractivity contribution in [2.75, 3.05) is 0 Å². The Morgan fingerprint density at radius 3 is 2.63 bits per heavy atom. The summed E-state index contributed by atoms with van der Waals surface area (Å²) in [6, 6.07) is 8.37. The van der Waals surface area contributed by atoms with Crippen molar-refractivity contribution in [2.24, 2.45) is 0 Å². The van der Waals surface area contributed by atoms with Crippen LogP contribution in [-0.2, 0) is 13.1 Å². The number of benzene rings is 1. The van der Waals surface area contributed by atoms with Gasteiger partial charge in [0.1, 0.15) is 0 Å². The van der Waals surface area contributed by atoms with E-state index in [2.05, 4.69) is 56.9 Å². The van der Waals surface area contributed by atoms with Gasteiger partial charge in [0.25, 0.3) is 0 Å². The largest absolute Gasteiger partial charge is 0.306 e. The predicted octanol–water partition coefficient (Wildman–Crippen LogP) is 3.50. The molecule has 3 nitrogen and oxygen atoms in total. The van der Waals surface area contributed by atoms with Crippen LogP contribution in [-0.4, -0.2) is 15.3 Å². The van der Waals surface area contributed by atoms with Crippen molar-refractivity contribution in [1.82, 2.24) is 15.1 Å². The Morgan fingerprint density at radius 2 is 2.00 bits per heavy atom. The van der Waals surface area contributed by atoms with E-state index >= 15 is 0 Å². The van der Waals surface area contributed by atoms with E-state index in [9.17, 15) is 0 Å². The van der Waals surface area contributed by atoms with Gasteiger partial charge < -0.3 is 5.32 Å². The minimum Gasteiger partial charge on any atom is -0.306 e. The van der Waals surface area contributed by atoms with Crippen LogP contribution in [0.3, 0.4) is 0 Å². The van der Waals surface area contributed by atoms with Crippen molar-refractivity contribution in [1.29, 1.82) is 0 Å². The molecule has 0 aliphatic carbocycles. The summed E-state index contributed by atoms with van der Waals surface area (Å²) in [7, 11) is 0. The quantitative estimate of drug-likeness (QED) is 0.850. The van der Waals surface area contributed by atoms with E-state index < -0.39 is 0 Å². The summed E-state index contributed by atoms with van der Waals surface area (Å²) < 4.78 is 2.04. The van der Waals surface area contributed by atoms with Crippen molar-refractivity contribution in [3.8, 4) is 0 Å². The number of fused-ring (bicyclic) bond motifs is 1. The second kappa shape index (κ2) is 5.17. The lowest BCUT2D eigenvalue weighted by molar-refractivity contribution is 0.420. The molecule has 1 N–H and O–H groups in total. The maximum absolute atomic E-state index is 4.73. The number of allylic oxidation sites excluding steroid dienone is 1. The Morgan fingerprint density at radius 1 is 1.32 bits per heavy atom. The Bertz CT molecular complexity index is 588. The predicted molar refractivity (Wildman–Crippen MR) is 81.1 cm³/mol. The Kier molecular flexibility index (Phi) is 3.76. The van der Waals surface area contributed by atoms with E-state index in [0.29, 0.717) is 0 Å². The Balaban J connectivity index is 2.36. The van der Waals surface area contributed by atoms with Crippen molar-refractivity contribution in [3.63, 3.8) is 0 Å². The SMILES string of the molecule is C=C(C)Cn1nc(CNC(C)(C)C)c2ccccc21. The number of nitrogens with one attached hydrogen (secondary N) is 1. The zero-order chi connectivity index (χ0) is 14.0. The zero-order valence-electron chi connectivity index (χ0n) is 12.3. The first kappa shape index (κ1) is 13.8. The zero-order valence-corrected chi connectivity index (χ0v) is 12.3. The lowest BCUT2D eigenvalue weighted by Gasteiger charge is -2.19. The molecule has 0 saturated heterocycles. The second-order valence-electron chi connectivity index (χ2n) is 6.18. The molecule has 19 heavy (non-hydrogen) atoms. The number of nitrogens with zero attached hydrogens (tertiary/aromatic N) is 2. The fraction of sp³-hybridized carbons (Fsp3) is 0.438. The molecular weight excluding hydrogens is 234 g/mol. The molecule has 3 heteroatoms. The Labute approximate surface area is 115 Å². The summed E-state index contributed by atoms with van der Waals surface area (Å²) in [5, 5.41) is 9.45. The average Bonchev–Trinajstić information content (AvgIpc) is 2.64. The molecule has 0 spiro atoms. The molecule has 1 aromatic carbocycles. The van der Waals surface area contributed by atoms with Gasteiger partial charge in [0, 0.05) is 17.5 Å². The first-order valence-corrected chi connectivity index (χ1v) is 6.71. The molecule has 0 aliphatic rings. The van der Waals surface area contributed by atoms with Crippen LogP contribution in [0.1, 0.15) is 33.4 Å². The third-order valence-electron chi connectivity index (χ3n) is 2.94. The van der Waals surface area contributed by atoms with Gasteiger partial charge in [0.05, 0.1) is 17.8 Å². The summed E-state index contributed by atoms with van der Waals surface area (Å²) >= 11 is 0. The number of hydrogen-bond acceptors (Lipinski definition) is 2. The second-order valence-corrected chi connectivity index (χ2v) is 6.18. The van der Waals surface area contributed by atoms with E-state index in [1.165, 1.54) is 10.9 Å². The molecule has 102 valence electrons. The van der Waals surface area contributed by atoms with Crippen LogP contribution in [0.25, 0.3) is 10.9 Å². The van der Waals surface area contributed by atoms with Crippen molar-refractivity contribution < 1.29 is 0 Å². The maximum Gasteiger partial charge on any atom is 0.0841 e. The van der Waals surface area contributed by atoms with Crippen molar-refractivity contribution >= 4 is 10.9 Å². The smallest absolute Gasteiger partial charge is 0.0841 e. The summed E-state index contributed by atoms with van der Waals surface area (Å²) in [6.45, 7) is 14.1. The third kappa shape index (κ3) is 3.44. The van der Waals surface area contributed by atoms with Crippen LogP contribution in [0.4, 0.5) is 0 Å². The van der Waals surface area contributed by atoms with E-state index in [-0.39, 0.29) is 5.54 Å². The van der Waals surface area contributed by atoms with Gasteiger partial charge in [-0.2, -0.15) is 5.10 Å². The summed E-state index contributed by atoms with van der Waals surface area (Å²) in [6.07, 6.45) is 0. The fourth-order valence-electron chi connectivity index (χ4n) is 2.05. The van der Waals surface area contributed by atoms with Gasteiger partial charge in [-0.05, 0) is 33.8 Å². The van der Waals surface area contributed by atoms with Crippen LogP contribution in [0.2, 0.25) is 0 Å². The first-order chi connectivity index (χ1) is 8.87. The van der Waals surface area contributed by atoms with Gasteiger partial charge in [0.15, 0.2) is 0 Å². The molecule has 2 rings (SSSR count). The summed E-state index contributed by atoms with van der Waals surface area (Å²) in [5.74, 6) is 0. The Hall–Kier alpha value is -1.61. The number of para-hydroxylation sites is 1. The molecule has 0 saturated carbocycles. The standard InChI is InChI=1S/C16H23N3/c1-12(2)11-19-15-9-7-6-8-13(15)14(18-19)10-17-16(3,4)5/h6-9,17H,1,10-11H2,2-5H3. The van der Waals surface area contributed by atoms with Gasteiger partial charge >= 0.3 is 0 Å². The molecule has 0 bridgehead atoms. The van der Waals surface area contributed by atoms with Gasteiger partial charge in [-0.3, -0.25) is 4.68 Å². The highest BCUT2D eigenvalue weighted by atomic mass is 15.3. The third-order valence-corrected chi connectivity index (χ3v) is 2.94. The summed E-state index contributed by atoms with van der Waals surface area (Å²) in [4.78, 5) is 0. The maximum atomic E-state index is 4.73. The lowest BCUT2D eigenvalue weighted by atomic mass is 10.1. The van der Waals surface area contributed by atoms with Crippen molar-refractivity contribution in [3.05, 3.63) is 42.1 Å². The van der Waals surface area contributed by atoms with E-state index in [1.54, 1.807) is 0 Å². The normalized spacial score (nSPS) is 12.0. The highest BCUT2D eigenvalue weighted by molar-refractivity contribution is 5.82. The minimum absolute atomic E-state index is 0.0965. The van der Waals surface area contributed by atoms with Gasteiger partial charge in [-0.15, -0.1) is 0 Å². The lowest BCUT2D eigenvalue weighted by Crippen LogP contribution is -2.35. The molecule has 0 unspecified atom stereocenters. The average molecular weight is 257 g/mol. The number of hydrogen-bond donors (Lipinski definition) is 1. The number of rotatable bonds is 4. The molecule has 1 heterocycles. The molecule has 0 atom stereocenters. The highest BCUT2D eigenvalue weighted by Crippen LogP contribution is 2.19. The minimum atomic E-state index is 0.0965. The highest BCUT2D eigenvalue weighted by Gasteiger charge is 2.13. The molecule has 0 amide bonds. The first-order valence-electron chi connectivity index (χ1n) is 6.71. The molecular formula is C16H23N3. The molecule has 0 aliphatic heterocycles. The van der Waals surface area contributed by atoms with Crippen LogP contribution in [0.5, 0.6) is 0 Å². The fourth-order valence-corrected chi connectivity index (χ4v) is 2.05. The van der Waals surface area contributed by atoms with Gasteiger partial charge in [-0.25, -0.2) is 0 Å². The monoisotopic (exact) mass is 257 g/mol. The molecule has 2 aromatic rings. The van der Waals surface area contributed by atoms with E-state index in [0.717, 1.165) is 24.4 Å². The van der Waals surface area contributed by atoms with Crippen LogP contribution < -0.4 is 5.32 Å². The van der Waals surface area contributed by atoms with Crippen LogP contribution in [0, 0.1) is 0 Å².